The smallest absolute Gasteiger partial charge is 0.224 e. The summed E-state index contributed by atoms with van der Waals surface area (Å²) in [6.07, 6.45) is 8.00. The molecule has 4 heteroatoms. The van der Waals surface area contributed by atoms with E-state index in [1.807, 2.05) is 6.08 Å². The highest BCUT2D eigenvalue weighted by molar-refractivity contribution is 5.91. The van der Waals surface area contributed by atoms with Gasteiger partial charge in [-0.1, -0.05) is 13.8 Å². The lowest BCUT2D eigenvalue weighted by molar-refractivity contribution is -0.134. The number of carbonyl (C=O) groups is 2. The van der Waals surface area contributed by atoms with Crippen molar-refractivity contribution >= 4 is 11.7 Å². The summed E-state index contributed by atoms with van der Waals surface area (Å²) >= 11 is 0. The zero-order valence-corrected chi connectivity index (χ0v) is 18.5. The fraction of sp³-hybridized carbons (Fsp3) is 0.833. The zero-order valence-electron chi connectivity index (χ0n) is 18.5. The molecule has 0 radical (unpaired) electrons. The van der Waals surface area contributed by atoms with Crippen LogP contribution in [0.15, 0.2) is 11.8 Å². The van der Waals surface area contributed by atoms with E-state index >= 15 is 0 Å². The number of carbonyl (C=O) groups excluding carboxylic acids is 2. The van der Waals surface area contributed by atoms with Gasteiger partial charge in [0.05, 0.1) is 0 Å². The fourth-order valence-corrected chi connectivity index (χ4v) is 7.37. The maximum Gasteiger partial charge on any atom is 0.224 e. The molecule has 4 nitrogen and oxygen atoms in total. The van der Waals surface area contributed by atoms with Crippen molar-refractivity contribution in [1.82, 2.24) is 10.6 Å². The number of hydrogen-bond donors (Lipinski definition) is 2. The summed E-state index contributed by atoms with van der Waals surface area (Å²) in [5.74, 6) is 2.43. The normalized spacial score (nSPS) is 45.3. The average Bonchev–Trinajstić information content (AvgIpc) is 2.92. The first kappa shape index (κ1) is 20.0. The lowest BCUT2D eigenvalue weighted by atomic mass is 9.48. The van der Waals surface area contributed by atoms with Crippen molar-refractivity contribution in [3.63, 3.8) is 0 Å². The van der Waals surface area contributed by atoms with Crippen LogP contribution in [-0.2, 0) is 9.59 Å². The number of rotatable bonds is 1. The minimum absolute atomic E-state index is 0.0918. The molecule has 1 aliphatic heterocycles. The van der Waals surface area contributed by atoms with Gasteiger partial charge >= 0.3 is 0 Å². The van der Waals surface area contributed by atoms with Gasteiger partial charge in [0.2, 0.25) is 5.91 Å². The molecule has 156 valence electrons. The Bertz CT molecular complexity index is 721. The van der Waals surface area contributed by atoms with E-state index in [-0.39, 0.29) is 34.0 Å². The zero-order chi connectivity index (χ0) is 20.5. The largest absolute Gasteiger partial charge is 0.385 e. The molecule has 1 amide bonds. The molecule has 2 saturated carbocycles. The van der Waals surface area contributed by atoms with E-state index in [0.29, 0.717) is 30.2 Å². The van der Waals surface area contributed by atoms with Crippen LogP contribution in [0, 0.1) is 34.5 Å². The lowest BCUT2D eigenvalue weighted by Gasteiger charge is -2.60. The Morgan fingerprint density at radius 3 is 2.54 bits per heavy atom. The summed E-state index contributed by atoms with van der Waals surface area (Å²) in [5.41, 5.74) is 1.19. The summed E-state index contributed by atoms with van der Waals surface area (Å²) in [5, 5.41) is 7.00. The minimum Gasteiger partial charge on any atom is -0.385 e. The topological polar surface area (TPSA) is 58.2 Å². The Morgan fingerprint density at radius 1 is 1.14 bits per heavy atom. The Morgan fingerprint density at radius 2 is 1.86 bits per heavy atom. The van der Waals surface area contributed by atoms with Crippen molar-refractivity contribution in [2.24, 2.45) is 34.5 Å². The second kappa shape index (κ2) is 6.34. The third-order valence-electron chi connectivity index (χ3n) is 8.74. The van der Waals surface area contributed by atoms with Gasteiger partial charge in [-0.15, -0.1) is 0 Å². The molecule has 1 saturated heterocycles. The molecule has 2 N–H and O–H groups in total. The van der Waals surface area contributed by atoms with Gasteiger partial charge < -0.3 is 10.6 Å². The van der Waals surface area contributed by atoms with E-state index in [1.54, 1.807) is 0 Å². The van der Waals surface area contributed by atoms with Crippen molar-refractivity contribution in [2.75, 3.05) is 0 Å². The maximum atomic E-state index is 13.1. The Kier molecular flexibility index (Phi) is 4.52. The summed E-state index contributed by atoms with van der Waals surface area (Å²) in [7, 11) is 0. The number of fused-ring (bicyclic) bond motifs is 5. The standard InChI is InChI=1S/C24H38N2O2/c1-14-20-16-7-8-18(21(28)26-22(2,3)4)23(16,5)12-10-17(20)24(6)11-9-15(27)13-19(24)25-14/h13-14,16-18,20,25H,7-12H2,1-6H3,(H,26,28)/t14-,16+,17+,18-,20+,23+,24-/m1/s1. The summed E-state index contributed by atoms with van der Waals surface area (Å²) in [6, 6.07) is 0.365. The predicted octanol–water partition coefficient (Wildman–Crippen LogP) is 4.20. The van der Waals surface area contributed by atoms with Crippen molar-refractivity contribution in [3.8, 4) is 0 Å². The minimum atomic E-state index is -0.176. The first-order valence-corrected chi connectivity index (χ1v) is 11.3. The molecule has 0 spiro atoms. The lowest BCUT2D eigenvalue weighted by Crippen LogP contribution is -2.61. The molecule has 0 aromatic rings. The monoisotopic (exact) mass is 386 g/mol. The van der Waals surface area contributed by atoms with E-state index in [2.05, 4.69) is 52.2 Å². The summed E-state index contributed by atoms with van der Waals surface area (Å²) in [6.45, 7) is 13.3. The highest BCUT2D eigenvalue weighted by atomic mass is 16.2. The van der Waals surface area contributed by atoms with Crippen LogP contribution in [0.25, 0.3) is 0 Å². The number of allylic oxidation sites excluding steroid dienone is 2. The van der Waals surface area contributed by atoms with Crippen LogP contribution < -0.4 is 10.6 Å². The van der Waals surface area contributed by atoms with Crippen LogP contribution in [0.3, 0.4) is 0 Å². The second-order valence-corrected chi connectivity index (χ2v) is 11.6. The SMILES string of the molecule is C[C@H]1NC2=CC(=O)CC[C@]2(C)[C@H]2CC[C@]3(C)[C@@H](C(=O)NC(C)(C)C)CC[C@H]3[C@H]12. The first-order valence-electron chi connectivity index (χ1n) is 11.3. The van der Waals surface area contributed by atoms with Crippen LogP contribution in [0.1, 0.15) is 80.1 Å². The molecule has 7 atom stereocenters. The molecule has 0 bridgehead atoms. The molecule has 3 fully saturated rings. The molecule has 0 aromatic carbocycles. The summed E-state index contributed by atoms with van der Waals surface area (Å²) < 4.78 is 0. The Hall–Kier alpha value is -1.32. The second-order valence-electron chi connectivity index (χ2n) is 11.6. The van der Waals surface area contributed by atoms with Gasteiger partial charge in [0, 0.05) is 41.1 Å². The van der Waals surface area contributed by atoms with Gasteiger partial charge in [0.25, 0.3) is 0 Å². The van der Waals surface area contributed by atoms with E-state index < -0.39 is 0 Å². The van der Waals surface area contributed by atoms with E-state index in [4.69, 9.17) is 0 Å². The molecule has 28 heavy (non-hydrogen) atoms. The summed E-state index contributed by atoms with van der Waals surface area (Å²) in [4.78, 5) is 25.1. The third kappa shape index (κ3) is 2.93. The molecule has 0 unspecified atom stereocenters. The van der Waals surface area contributed by atoms with Crippen LogP contribution in [0.5, 0.6) is 0 Å². The van der Waals surface area contributed by atoms with Gasteiger partial charge in [-0.3, -0.25) is 9.59 Å². The number of ketones is 1. The van der Waals surface area contributed by atoms with E-state index in [9.17, 15) is 9.59 Å². The van der Waals surface area contributed by atoms with Gasteiger partial charge in [0.15, 0.2) is 5.78 Å². The molecule has 3 aliphatic carbocycles. The average molecular weight is 387 g/mol. The predicted molar refractivity (Wildman–Crippen MR) is 111 cm³/mol. The van der Waals surface area contributed by atoms with Gasteiger partial charge in [-0.05, 0) is 83.0 Å². The number of piperidine rings is 1. The molecular weight excluding hydrogens is 348 g/mol. The molecule has 4 aliphatic rings. The Balaban J connectivity index is 1.63. The van der Waals surface area contributed by atoms with Crippen LogP contribution in [0.2, 0.25) is 0 Å². The first-order chi connectivity index (χ1) is 13.0. The number of hydrogen-bond acceptors (Lipinski definition) is 3. The number of amides is 1. The van der Waals surface area contributed by atoms with Crippen LogP contribution >= 0.6 is 0 Å². The van der Waals surface area contributed by atoms with Crippen molar-refractivity contribution in [1.29, 1.82) is 0 Å². The van der Waals surface area contributed by atoms with Gasteiger partial charge in [-0.25, -0.2) is 0 Å². The van der Waals surface area contributed by atoms with Crippen molar-refractivity contribution in [2.45, 2.75) is 91.6 Å². The highest BCUT2D eigenvalue weighted by Gasteiger charge is 2.62. The van der Waals surface area contributed by atoms with E-state index in [0.717, 1.165) is 25.7 Å². The quantitative estimate of drug-likeness (QED) is 0.710. The molecule has 4 rings (SSSR count). The molecule has 1 heterocycles. The highest BCUT2D eigenvalue weighted by Crippen LogP contribution is 2.65. The van der Waals surface area contributed by atoms with Crippen LogP contribution in [0.4, 0.5) is 0 Å². The Labute approximate surface area is 170 Å². The molecular formula is C24H38N2O2. The van der Waals surface area contributed by atoms with Crippen molar-refractivity contribution < 1.29 is 9.59 Å². The number of nitrogens with one attached hydrogen (secondary N) is 2. The van der Waals surface area contributed by atoms with Crippen molar-refractivity contribution in [3.05, 3.63) is 11.8 Å². The molecule has 0 aromatic heterocycles. The third-order valence-corrected chi connectivity index (χ3v) is 8.74. The van der Waals surface area contributed by atoms with Gasteiger partial charge in [-0.2, -0.15) is 0 Å². The fourth-order valence-electron chi connectivity index (χ4n) is 7.37. The van der Waals surface area contributed by atoms with Crippen LogP contribution in [-0.4, -0.2) is 23.3 Å². The van der Waals surface area contributed by atoms with E-state index in [1.165, 1.54) is 12.1 Å². The van der Waals surface area contributed by atoms with Gasteiger partial charge in [0.1, 0.15) is 0 Å². The maximum absolute atomic E-state index is 13.1.